The van der Waals surface area contributed by atoms with Gasteiger partial charge in [-0.2, -0.15) is 0 Å². The summed E-state index contributed by atoms with van der Waals surface area (Å²) in [7, 11) is -3.30. The molecule has 0 aliphatic heterocycles. The average Bonchev–Trinajstić information content (AvgIpc) is 3.09. The van der Waals surface area contributed by atoms with Crippen LogP contribution in [0.15, 0.2) is 47.6 Å². The topological polar surface area (TPSA) is 54.4 Å². The highest BCUT2D eigenvalue weighted by atomic mass is 32.2. The summed E-state index contributed by atoms with van der Waals surface area (Å²) in [4.78, 5) is 0. The van der Waals surface area contributed by atoms with Crippen molar-refractivity contribution in [3.63, 3.8) is 0 Å². The van der Waals surface area contributed by atoms with Crippen LogP contribution in [0.2, 0.25) is 0 Å². The minimum absolute atomic E-state index is 0.235. The Morgan fingerprint density at radius 3 is 2.41 bits per heavy atom. The Kier molecular flexibility index (Phi) is 7.86. The maximum atomic E-state index is 13.1. The zero-order valence-corrected chi connectivity index (χ0v) is 23.5. The predicted molar refractivity (Wildman–Crippen MR) is 144 cm³/mol. The number of sulfone groups is 1. The smallest absolute Gasteiger partial charge is 0.163 e. The second-order valence-corrected chi connectivity index (χ2v) is 16.3. The van der Waals surface area contributed by atoms with E-state index < -0.39 is 19.3 Å². The third-order valence-corrected chi connectivity index (χ3v) is 12.3. The van der Waals surface area contributed by atoms with Crippen LogP contribution >= 0.6 is 0 Å². The Bertz CT molecular complexity index is 973. The van der Waals surface area contributed by atoms with Crippen LogP contribution in [0.1, 0.15) is 99.8 Å². The molecule has 34 heavy (non-hydrogen) atoms. The molecular formula is C30H48O3S. The summed E-state index contributed by atoms with van der Waals surface area (Å²) in [6, 6.07) is 0. The third kappa shape index (κ3) is 5.19. The molecule has 0 spiro atoms. The Balaban J connectivity index is 1.79. The summed E-state index contributed by atoms with van der Waals surface area (Å²) in [5, 5.41) is 10.1. The van der Waals surface area contributed by atoms with Gasteiger partial charge in [-0.15, -0.1) is 0 Å². The van der Waals surface area contributed by atoms with Gasteiger partial charge >= 0.3 is 0 Å². The number of aliphatic hydroxyl groups is 1. The summed E-state index contributed by atoms with van der Waals surface area (Å²) < 4.78 is 24.6. The molecule has 3 nitrogen and oxygen atoms in total. The second-order valence-electron chi connectivity index (χ2n) is 13.0. The fourth-order valence-corrected chi connectivity index (χ4v) is 8.77. The molecule has 0 amide bonds. The highest BCUT2D eigenvalue weighted by Gasteiger charge is 2.50. The molecule has 0 aromatic carbocycles. The molecule has 1 N–H and O–H groups in total. The highest BCUT2D eigenvalue weighted by Crippen LogP contribution is 2.59. The van der Waals surface area contributed by atoms with Crippen LogP contribution in [0.4, 0.5) is 0 Å². The standard InChI is InChI=1S/C30H48O3S/c1-21-11-14-25(31)20-24(21)13-12-23-10-9-18-30(8)26(15-16-27(23)30)22(2)17-19-29(6,7)34(32,33)28(3,4)5/h12-13,17,19,22,25-27,31H,1,9-11,14-16,18,20H2,2-8H3/b19-17+,23-12+,24-13-/t22?,25-,26?,27-,30+/m0/s1. The molecular weight excluding hydrogens is 440 g/mol. The van der Waals surface area contributed by atoms with Gasteiger partial charge < -0.3 is 5.11 Å². The van der Waals surface area contributed by atoms with Crippen LogP contribution in [0.25, 0.3) is 0 Å². The highest BCUT2D eigenvalue weighted by molar-refractivity contribution is 7.94. The molecule has 192 valence electrons. The molecule has 0 aromatic rings. The third-order valence-electron chi connectivity index (χ3n) is 9.16. The van der Waals surface area contributed by atoms with E-state index in [9.17, 15) is 13.5 Å². The SMILES string of the molecule is C=C1CC[C@H](O)C/C1=C/C=C1\CCC[C@]2(C)C(C(C)/C=C/C(C)(C)S(=O)(=O)C(C)(C)C)CC[C@@H]12. The molecule has 3 aliphatic rings. The maximum Gasteiger partial charge on any atom is 0.163 e. The van der Waals surface area contributed by atoms with Gasteiger partial charge in [-0.3, -0.25) is 0 Å². The van der Waals surface area contributed by atoms with Gasteiger partial charge in [-0.1, -0.05) is 55.9 Å². The molecule has 3 aliphatic carbocycles. The largest absolute Gasteiger partial charge is 0.393 e. The molecule has 2 unspecified atom stereocenters. The van der Waals surface area contributed by atoms with Crippen molar-refractivity contribution in [1.29, 1.82) is 0 Å². The molecule has 3 rings (SSSR count). The predicted octanol–water partition coefficient (Wildman–Crippen LogP) is 7.34. The van der Waals surface area contributed by atoms with Crippen LogP contribution in [0, 0.1) is 23.2 Å². The maximum absolute atomic E-state index is 13.1. The molecule has 5 atom stereocenters. The van der Waals surface area contributed by atoms with Crippen molar-refractivity contribution >= 4 is 9.84 Å². The number of allylic oxidation sites excluding steroid dienone is 5. The minimum atomic E-state index is -3.30. The van der Waals surface area contributed by atoms with Crippen LogP contribution in [-0.4, -0.2) is 29.1 Å². The van der Waals surface area contributed by atoms with E-state index in [1.807, 2.05) is 19.9 Å². The Morgan fingerprint density at radius 1 is 1.09 bits per heavy atom. The molecule has 0 saturated heterocycles. The van der Waals surface area contributed by atoms with Gasteiger partial charge in [-0.25, -0.2) is 8.42 Å². The number of fused-ring (bicyclic) bond motifs is 1. The van der Waals surface area contributed by atoms with Crippen LogP contribution in [0.3, 0.4) is 0 Å². The lowest BCUT2D eigenvalue weighted by atomic mass is 9.61. The van der Waals surface area contributed by atoms with Gasteiger partial charge in [0.15, 0.2) is 9.84 Å². The lowest BCUT2D eigenvalue weighted by molar-refractivity contribution is 0.112. The molecule has 0 radical (unpaired) electrons. The molecule has 3 fully saturated rings. The van der Waals surface area contributed by atoms with Crippen molar-refractivity contribution in [2.24, 2.45) is 23.2 Å². The molecule has 0 aromatic heterocycles. The number of aliphatic hydroxyl groups excluding tert-OH is 1. The fourth-order valence-electron chi connectivity index (χ4n) is 6.93. The Labute approximate surface area is 209 Å². The molecule has 0 heterocycles. The van der Waals surface area contributed by atoms with Crippen LogP contribution in [0.5, 0.6) is 0 Å². The zero-order chi connectivity index (χ0) is 25.5. The lowest BCUT2D eigenvalue weighted by Gasteiger charge is -2.44. The summed E-state index contributed by atoms with van der Waals surface area (Å²) in [6.45, 7) is 18.0. The first-order valence-electron chi connectivity index (χ1n) is 13.3. The lowest BCUT2D eigenvalue weighted by Crippen LogP contribution is -2.42. The van der Waals surface area contributed by atoms with Crippen molar-refractivity contribution in [2.75, 3.05) is 0 Å². The first-order valence-corrected chi connectivity index (χ1v) is 14.8. The van der Waals surface area contributed by atoms with Crippen molar-refractivity contribution in [1.82, 2.24) is 0 Å². The molecule has 4 heteroatoms. The first kappa shape index (κ1) is 27.5. The number of hydrogen-bond acceptors (Lipinski definition) is 3. The van der Waals surface area contributed by atoms with E-state index >= 15 is 0 Å². The number of hydrogen-bond donors (Lipinski definition) is 1. The van der Waals surface area contributed by atoms with E-state index in [2.05, 4.69) is 38.7 Å². The van der Waals surface area contributed by atoms with Gasteiger partial charge in [0, 0.05) is 0 Å². The van der Waals surface area contributed by atoms with E-state index in [1.165, 1.54) is 36.8 Å². The molecule has 3 saturated carbocycles. The van der Waals surface area contributed by atoms with Crippen molar-refractivity contribution in [3.8, 4) is 0 Å². The van der Waals surface area contributed by atoms with E-state index in [-0.39, 0.29) is 11.5 Å². The van der Waals surface area contributed by atoms with E-state index in [0.717, 1.165) is 25.7 Å². The summed E-state index contributed by atoms with van der Waals surface area (Å²) in [6.07, 6.45) is 17.0. The van der Waals surface area contributed by atoms with E-state index in [4.69, 9.17) is 0 Å². The van der Waals surface area contributed by atoms with Crippen LogP contribution < -0.4 is 0 Å². The molecule has 0 bridgehead atoms. The average molecular weight is 489 g/mol. The quantitative estimate of drug-likeness (QED) is 0.412. The Morgan fingerprint density at radius 2 is 1.76 bits per heavy atom. The second kappa shape index (κ2) is 9.73. The minimum Gasteiger partial charge on any atom is -0.393 e. The number of rotatable bonds is 5. The summed E-state index contributed by atoms with van der Waals surface area (Å²) in [5.41, 5.74) is 4.20. The van der Waals surface area contributed by atoms with E-state index in [1.54, 1.807) is 26.3 Å². The summed E-state index contributed by atoms with van der Waals surface area (Å²) in [5.74, 6) is 1.49. The zero-order valence-electron chi connectivity index (χ0n) is 22.7. The van der Waals surface area contributed by atoms with Crippen molar-refractivity contribution in [3.05, 3.63) is 47.6 Å². The van der Waals surface area contributed by atoms with Crippen molar-refractivity contribution in [2.45, 2.75) is 115 Å². The van der Waals surface area contributed by atoms with Gasteiger partial charge in [0.1, 0.15) is 0 Å². The van der Waals surface area contributed by atoms with Gasteiger partial charge in [0.2, 0.25) is 0 Å². The van der Waals surface area contributed by atoms with E-state index in [0.29, 0.717) is 17.8 Å². The van der Waals surface area contributed by atoms with Gasteiger partial charge in [0.05, 0.1) is 15.6 Å². The normalized spacial score (nSPS) is 34.7. The van der Waals surface area contributed by atoms with Gasteiger partial charge in [0.25, 0.3) is 0 Å². The Hall–Kier alpha value is -1.13. The van der Waals surface area contributed by atoms with Gasteiger partial charge in [-0.05, 0) is 115 Å². The first-order chi connectivity index (χ1) is 15.6. The van der Waals surface area contributed by atoms with Crippen LogP contribution in [-0.2, 0) is 9.84 Å². The monoisotopic (exact) mass is 488 g/mol. The fraction of sp³-hybridized carbons (Fsp3) is 0.733. The van der Waals surface area contributed by atoms with Crippen molar-refractivity contribution < 1.29 is 13.5 Å². The summed E-state index contributed by atoms with van der Waals surface area (Å²) >= 11 is 0.